The Morgan fingerprint density at radius 3 is 2.53 bits per heavy atom. The Kier molecular flexibility index (Phi) is 5.27. The molecule has 4 rings (SSSR count). The van der Waals surface area contributed by atoms with Crippen molar-refractivity contribution in [3.05, 3.63) is 88.7 Å². The molecule has 0 atom stereocenters. The molecule has 4 aromatic rings. The predicted octanol–water partition coefficient (Wildman–Crippen LogP) is 4.09. The second-order valence-corrected chi connectivity index (χ2v) is 9.52. The van der Waals surface area contributed by atoms with E-state index in [1.54, 1.807) is 36.4 Å². The minimum atomic E-state index is -3.74. The predicted molar refractivity (Wildman–Crippen MR) is 119 cm³/mol. The summed E-state index contributed by atoms with van der Waals surface area (Å²) in [5, 5.41) is 0. The lowest BCUT2D eigenvalue weighted by Crippen LogP contribution is -2.14. The van der Waals surface area contributed by atoms with Crippen LogP contribution in [0.2, 0.25) is 0 Å². The number of hydrogen-bond donors (Lipinski definition) is 1. The number of hydrogen-bond acceptors (Lipinski definition) is 4. The largest absolute Gasteiger partial charge is 0.319 e. The van der Waals surface area contributed by atoms with Gasteiger partial charge in [-0.1, -0.05) is 41.7 Å². The first-order valence-electron chi connectivity index (χ1n) is 9.17. The summed E-state index contributed by atoms with van der Waals surface area (Å²) in [6.45, 7) is 2.02. The number of benzene rings is 3. The van der Waals surface area contributed by atoms with Gasteiger partial charge in [0, 0.05) is 18.3 Å². The summed E-state index contributed by atoms with van der Waals surface area (Å²) in [5.74, 6) is -0.436. The second-order valence-electron chi connectivity index (χ2n) is 6.83. The topological polar surface area (TPSA) is 80.5 Å². The molecular formula is C22H19N3O3S2. The summed E-state index contributed by atoms with van der Waals surface area (Å²) in [6, 6.07) is 20.5. The fourth-order valence-corrected chi connectivity index (χ4v) is 5.21. The van der Waals surface area contributed by atoms with E-state index in [0.29, 0.717) is 16.1 Å². The second kappa shape index (κ2) is 7.89. The molecular weight excluding hydrogens is 418 g/mol. The van der Waals surface area contributed by atoms with Crippen LogP contribution in [0.5, 0.6) is 0 Å². The van der Waals surface area contributed by atoms with Crippen LogP contribution in [0, 0.1) is 6.92 Å². The molecule has 3 aromatic carbocycles. The Bertz CT molecular complexity index is 1420. The molecule has 0 aliphatic rings. The Labute approximate surface area is 178 Å². The van der Waals surface area contributed by atoms with Crippen LogP contribution < -0.4 is 9.52 Å². The molecule has 1 heterocycles. The van der Waals surface area contributed by atoms with Crippen molar-refractivity contribution in [2.75, 3.05) is 4.72 Å². The highest BCUT2D eigenvalue weighted by Gasteiger charge is 2.15. The molecule has 0 fully saturated rings. The number of rotatable bonds is 4. The monoisotopic (exact) mass is 437 g/mol. The number of aryl methyl sites for hydroxylation is 2. The molecule has 1 aromatic heterocycles. The maximum absolute atomic E-state index is 12.7. The Balaban J connectivity index is 1.65. The molecule has 6 nitrogen and oxygen atoms in total. The van der Waals surface area contributed by atoms with Crippen LogP contribution in [0.4, 0.5) is 5.69 Å². The standard InChI is InChI=1S/C22H19N3O3S2/c1-15-11-12-19-20(13-15)29-22(25(19)2)23-21(26)16-7-6-8-17(14-16)24-30(27,28)18-9-4-3-5-10-18/h3-14,24H,1-2H3. The third-order valence-electron chi connectivity index (χ3n) is 4.58. The summed E-state index contributed by atoms with van der Waals surface area (Å²) in [7, 11) is -1.87. The maximum Gasteiger partial charge on any atom is 0.279 e. The highest BCUT2D eigenvalue weighted by atomic mass is 32.2. The number of amides is 1. The van der Waals surface area contributed by atoms with Crippen molar-refractivity contribution in [1.29, 1.82) is 0 Å². The van der Waals surface area contributed by atoms with Gasteiger partial charge in [-0.2, -0.15) is 4.99 Å². The fraction of sp³-hybridized carbons (Fsp3) is 0.0909. The van der Waals surface area contributed by atoms with Crippen molar-refractivity contribution >= 4 is 43.2 Å². The van der Waals surface area contributed by atoms with Gasteiger partial charge in [-0.15, -0.1) is 0 Å². The number of thiazole rings is 1. The molecule has 0 aliphatic carbocycles. The third kappa shape index (κ3) is 4.05. The van der Waals surface area contributed by atoms with E-state index in [9.17, 15) is 13.2 Å². The van der Waals surface area contributed by atoms with Crippen molar-refractivity contribution in [3.8, 4) is 0 Å². The summed E-state index contributed by atoms with van der Waals surface area (Å²) in [6.07, 6.45) is 0. The zero-order valence-electron chi connectivity index (χ0n) is 16.4. The molecule has 0 aliphatic heterocycles. The number of carbonyl (C=O) groups excluding carboxylic acids is 1. The lowest BCUT2D eigenvalue weighted by molar-refractivity contribution is 0.0998. The average Bonchev–Trinajstić information content (AvgIpc) is 3.03. The molecule has 1 N–H and O–H groups in total. The van der Waals surface area contributed by atoms with Gasteiger partial charge in [0.2, 0.25) is 0 Å². The van der Waals surface area contributed by atoms with Crippen molar-refractivity contribution in [2.24, 2.45) is 12.0 Å². The number of nitrogens with zero attached hydrogens (tertiary/aromatic N) is 2. The normalized spacial score (nSPS) is 12.3. The first-order chi connectivity index (χ1) is 14.3. The van der Waals surface area contributed by atoms with Crippen molar-refractivity contribution in [1.82, 2.24) is 4.57 Å². The van der Waals surface area contributed by atoms with Crippen LogP contribution in [0.3, 0.4) is 0 Å². The van der Waals surface area contributed by atoms with E-state index >= 15 is 0 Å². The lowest BCUT2D eigenvalue weighted by atomic mass is 10.2. The molecule has 0 unspecified atom stereocenters. The molecule has 0 bridgehead atoms. The van der Waals surface area contributed by atoms with E-state index in [1.807, 2.05) is 30.7 Å². The minimum absolute atomic E-state index is 0.152. The van der Waals surface area contributed by atoms with Crippen molar-refractivity contribution in [3.63, 3.8) is 0 Å². The Morgan fingerprint density at radius 2 is 1.77 bits per heavy atom. The first kappa shape index (κ1) is 20.1. The highest BCUT2D eigenvalue weighted by molar-refractivity contribution is 7.92. The number of anilines is 1. The van der Waals surface area contributed by atoms with Crippen LogP contribution in [-0.4, -0.2) is 18.9 Å². The summed E-state index contributed by atoms with van der Waals surface area (Å²) >= 11 is 1.44. The van der Waals surface area contributed by atoms with Crippen LogP contribution in [0.15, 0.2) is 82.7 Å². The van der Waals surface area contributed by atoms with E-state index in [2.05, 4.69) is 15.8 Å². The van der Waals surface area contributed by atoms with Gasteiger partial charge in [-0.3, -0.25) is 9.52 Å². The van der Waals surface area contributed by atoms with E-state index in [1.165, 1.54) is 29.5 Å². The highest BCUT2D eigenvalue weighted by Crippen LogP contribution is 2.19. The summed E-state index contributed by atoms with van der Waals surface area (Å²) in [5.41, 5.74) is 2.75. The fourth-order valence-electron chi connectivity index (χ4n) is 3.03. The van der Waals surface area contributed by atoms with Crippen molar-refractivity contribution in [2.45, 2.75) is 11.8 Å². The quantitative estimate of drug-likeness (QED) is 0.522. The van der Waals surface area contributed by atoms with Crippen LogP contribution in [0.1, 0.15) is 15.9 Å². The Hall–Kier alpha value is -3.23. The first-order valence-corrected chi connectivity index (χ1v) is 11.5. The van der Waals surface area contributed by atoms with Gasteiger partial charge in [0.15, 0.2) is 4.80 Å². The lowest BCUT2D eigenvalue weighted by Gasteiger charge is -2.08. The maximum atomic E-state index is 12.7. The zero-order valence-corrected chi connectivity index (χ0v) is 18.0. The van der Waals surface area contributed by atoms with Crippen LogP contribution >= 0.6 is 11.3 Å². The van der Waals surface area contributed by atoms with Gasteiger partial charge in [0.1, 0.15) is 0 Å². The number of nitrogens with one attached hydrogen (secondary N) is 1. The number of fused-ring (bicyclic) bond motifs is 1. The van der Waals surface area contributed by atoms with Gasteiger partial charge < -0.3 is 4.57 Å². The molecule has 30 heavy (non-hydrogen) atoms. The molecule has 0 spiro atoms. The van der Waals surface area contributed by atoms with Gasteiger partial charge in [-0.25, -0.2) is 8.42 Å². The van der Waals surface area contributed by atoms with E-state index in [4.69, 9.17) is 0 Å². The summed E-state index contributed by atoms with van der Waals surface area (Å²) < 4.78 is 30.5. The number of aromatic nitrogens is 1. The third-order valence-corrected chi connectivity index (χ3v) is 7.07. The molecule has 0 saturated carbocycles. The molecule has 1 amide bonds. The van der Waals surface area contributed by atoms with Crippen LogP contribution in [0.25, 0.3) is 10.2 Å². The van der Waals surface area contributed by atoms with Gasteiger partial charge in [-0.05, 0) is 55.0 Å². The summed E-state index contributed by atoms with van der Waals surface area (Å²) in [4.78, 5) is 17.7. The van der Waals surface area contributed by atoms with Gasteiger partial charge in [0.25, 0.3) is 15.9 Å². The average molecular weight is 438 g/mol. The Morgan fingerprint density at radius 1 is 1.00 bits per heavy atom. The van der Waals surface area contributed by atoms with Gasteiger partial charge >= 0.3 is 0 Å². The van der Waals surface area contributed by atoms with Crippen molar-refractivity contribution < 1.29 is 13.2 Å². The van der Waals surface area contributed by atoms with Gasteiger partial charge in [0.05, 0.1) is 15.1 Å². The SMILES string of the molecule is Cc1ccc2c(c1)sc(=NC(=O)c1cccc(NS(=O)(=O)c3ccccc3)c1)n2C. The minimum Gasteiger partial charge on any atom is -0.319 e. The molecule has 0 radical (unpaired) electrons. The van der Waals surface area contributed by atoms with E-state index in [0.717, 1.165) is 15.8 Å². The smallest absolute Gasteiger partial charge is 0.279 e. The van der Waals surface area contributed by atoms with E-state index < -0.39 is 15.9 Å². The number of sulfonamides is 1. The molecule has 8 heteroatoms. The zero-order chi connectivity index (χ0) is 21.3. The van der Waals surface area contributed by atoms with Crippen LogP contribution in [-0.2, 0) is 17.1 Å². The number of carbonyl (C=O) groups is 1. The van der Waals surface area contributed by atoms with E-state index in [-0.39, 0.29) is 4.90 Å². The molecule has 152 valence electrons. The molecule has 0 saturated heterocycles.